The molecule has 0 atom stereocenters. The van der Waals surface area contributed by atoms with Crippen LogP contribution >= 0.6 is 11.6 Å². The van der Waals surface area contributed by atoms with Crippen molar-refractivity contribution in [3.05, 3.63) is 70.9 Å². The number of fused-ring (bicyclic) bond motifs is 1. The zero-order valence-electron chi connectivity index (χ0n) is 18.7. The van der Waals surface area contributed by atoms with E-state index < -0.39 is 0 Å². The Balaban J connectivity index is 1.19. The van der Waals surface area contributed by atoms with Gasteiger partial charge >= 0.3 is 6.03 Å². The highest BCUT2D eigenvalue weighted by molar-refractivity contribution is 6.30. The topological polar surface area (TPSA) is 77.6 Å². The lowest BCUT2D eigenvalue weighted by molar-refractivity contribution is -0.132. The molecule has 0 unspecified atom stereocenters. The van der Waals surface area contributed by atoms with E-state index in [0.717, 1.165) is 47.5 Å². The van der Waals surface area contributed by atoms with Gasteiger partial charge in [0.1, 0.15) is 0 Å². The third-order valence-corrected chi connectivity index (χ3v) is 6.05. The van der Waals surface area contributed by atoms with Gasteiger partial charge in [0.15, 0.2) is 0 Å². The Morgan fingerprint density at radius 2 is 1.76 bits per heavy atom. The van der Waals surface area contributed by atoms with Crippen molar-refractivity contribution in [2.45, 2.75) is 13.3 Å². The van der Waals surface area contributed by atoms with Crippen LogP contribution in [-0.4, -0.2) is 66.0 Å². The molecule has 2 heterocycles. The maximum Gasteiger partial charge on any atom is 0.319 e. The molecule has 0 radical (unpaired) electrons. The lowest BCUT2D eigenvalue weighted by Crippen LogP contribution is -2.50. The smallest absolute Gasteiger partial charge is 0.319 e. The number of halogens is 1. The van der Waals surface area contributed by atoms with Gasteiger partial charge in [-0.25, -0.2) is 4.79 Å². The average Bonchev–Trinajstić information content (AvgIpc) is 2.81. The normalized spacial score (nSPS) is 14.3. The number of benzene rings is 2. The highest BCUT2D eigenvalue weighted by Crippen LogP contribution is 2.22. The fraction of sp³-hybridized carbons (Fsp3) is 0.320. The summed E-state index contributed by atoms with van der Waals surface area (Å²) >= 11 is 5.91. The Hall–Kier alpha value is -3.16. The van der Waals surface area contributed by atoms with Gasteiger partial charge in [0, 0.05) is 55.4 Å². The number of nitrogens with zero attached hydrogens (tertiary/aromatic N) is 3. The number of aromatic nitrogens is 1. The van der Waals surface area contributed by atoms with Crippen LogP contribution in [0.5, 0.6) is 0 Å². The number of para-hydroxylation sites is 1. The molecule has 1 saturated heterocycles. The molecular formula is C25H28ClN5O2. The predicted molar refractivity (Wildman–Crippen MR) is 132 cm³/mol. The van der Waals surface area contributed by atoms with Crippen LogP contribution in [0.3, 0.4) is 0 Å². The Labute approximate surface area is 198 Å². The molecule has 0 bridgehead atoms. The summed E-state index contributed by atoms with van der Waals surface area (Å²) in [7, 11) is 0. The number of aryl methyl sites for hydroxylation is 1. The molecule has 2 aromatic carbocycles. The van der Waals surface area contributed by atoms with Gasteiger partial charge < -0.3 is 15.5 Å². The minimum absolute atomic E-state index is 0.134. The summed E-state index contributed by atoms with van der Waals surface area (Å²) in [6, 6.07) is 16.8. The van der Waals surface area contributed by atoms with E-state index in [-0.39, 0.29) is 11.9 Å². The van der Waals surface area contributed by atoms with E-state index in [0.29, 0.717) is 31.1 Å². The van der Waals surface area contributed by atoms with Gasteiger partial charge in [-0.2, -0.15) is 0 Å². The predicted octanol–water partition coefficient (Wildman–Crippen LogP) is 3.71. The molecule has 1 aliphatic heterocycles. The van der Waals surface area contributed by atoms with E-state index in [2.05, 4.69) is 20.5 Å². The number of anilines is 1. The first-order chi connectivity index (χ1) is 16.0. The number of urea groups is 1. The van der Waals surface area contributed by atoms with Crippen LogP contribution in [0, 0.1) is 6.92 Å². The maximum absolute atomic E-state index is 12.6. The summed E-state index contributed by atoms with van der Waals surface area (Å²) in [6.07, 6.45) is 0.391. The summed E-state index contributed by atoms with van der Waals surface area (Å²) < 4.78 is 0. The van der Waals surface area contributed by atoms with Crippen LogP contribution in [0.25, 0.3) is 10.9 Å². The molecule has 1 fully saturated rings. The number of carbonyl (C=O) groups excluding carboxylic acids is 2. The summed E-state index contributed by atoms with van der Waals surface area (Å²) in [6.45, 7) is 6.17. The minimum atomic E-state index is -0.234. The molecule has 33 heavy (non-hydrogen) atoms. The van der Waals surface area contributed by atoms with Crippen molar-refractivity contribution in [2.75, 3.05) is 44.6 Å². The van der Waals surface area contributed by atoms with Gasteiger partial charge in [0.05, 0.1) is 17.6 Å². The summed E-state index contributed by atoms with van der Waals surface area (Å²) in [4.78, 5) is 33.6. The summed E-state index contributed by atoms with van der Waals surface area (Å²) in [5.41, 5.74) is 3.44. The van der Waals surface area contributed by atoms with Crippen LogP contribution in [0.1, 0.15) is 11.3 Å². The lowest BCUT2D eigenvalue weighted by Gasteiger charge is -2.34. The van der Waals surface area contributed by atoms with Gasteiger partial charge in [-0.3, -0.25) is 14.7 Å². The Morgan fingerprint density at radius 3 is 2.52 bits per heavy atom. The van der Waals surface area contributed by atoms with E-state index >= 15 is 0 Å². The molecule has 3 aromatic rings. The zero-order chi connectivity index (χ0) is 23.2. The first-order valence-electron chi connectivity index (χ1n) is 11.1. The highest BCUT2D eigenvalue weighted by Gasteiger charge is 2.21. The standard InChI is InChI=1S/C25H28ClN5O2/c1-18-16-23(21-4-2-3-5-22(21)28-18)29-25(33)27-10-11-30-12-14-31(15-13-30)24(32)17-19-6-8-20(26)9-7-19/h2-9,16H,10-15,17H2,1H3,(H2,27,28,29,33). The third kappa shape index (κ3) is 6.21. The fourth-order valence-electron chi connectivity index (χ4n) is 4.01. The van der Waals surface area contributed by atoms with Crippen LogP contribution in [0.15, 0.2) is 54.6 Å². The van der Waals surface area contributed by atoms with Crippen LogP contribution < -0.4 is 10.6 Å². The third-order valence-electron chi connectivity index (χ3n) is 5.80. The van der Waals surface area contributed by atoms with E-state index in [4.69, 9.17) is 11.6 Å². The van der Waals surface area contributed by atoms with Crippen molar-refractivity contribution >= 4 is 40.1 Å². The van der Waals surface area contributed by atoms with Crippen LogP contribution in [0.4, 0.5) is 10.5 Å². The molecule has 0 saturated carbocycles. The molecule has 4 rings (SSSR count). The molecule has 3 amide bonds. The van der Waals surface area contributed by atoms with Gasteiger partial charge in [-0.15, -0.1) is 0 Å². The van der Waals surface area contributed by atoms with Gasteiger partial charge in [0.25, 0.3) is 0 Å². The molecule has 2 N–H and O–H groups in total. The molecule has 0 aliphatic carbocycles. The second-order valence-electron chi connectivity index (χ2n) is 8.23. The summed E-state index contributed by atoms with van der Waals surface area (Å²) in [5, 5.41) is 7.46. The van der Waals surface area contributed by atoms with Gasteiger partial charge in [-0.05, 0) is 36.8 Å². The highest BCUT2D eigenvalue weighted by atomic mass is 35.5. The minimum Gasteiger partial charge on any atom is -0.340 e. The SMILES string of the molecule is Cc1cc(NC(=O)NCCN2CCN(C(=O)Cc3ccc(Cl)cc3)CC2)c2ccccc2n1. The largest absolute Gasteiger partial charge is 0.340 e. The van der Waals surface area contributed by atoms with Gasteiger partial charge in [-0.1, -0.05) is 41.9 Å². The molecule has 1 aliphatic rings. The van der Waals surface area contributed by atoms with Gasteiger partial charge in [0.2, 0.25) is 5.91 Å². The Kier molecular flexibility index (Phi) is 7.42. The van der Waals surface area contributed by atoms with Crippen LogP contribution in [0.2, 0.25) is 5.02 Å². The molecule has 0 spiro atoms. The molecule has 8 heteroatoms. The Bertz CT molecular complexity index is 1130. The zero-order valence-corrected chi connectivity index (χ0v) is 19.4. The van der Waals surface area contributed by atoms with Crippen molar-refractivity contribution < 1.29 is 9.59 Å². The molecule has 172 valence electrons. The number of carbonyl (C=O) groups is 2. The first kappa shape index (κ1) is 23.0. The van der Waals surface area contributed by atoms with Crippen LogP contribution in [-0.2, 0) is 11.2 Å². The number of nitrogens with one attached hydrogen (secondary N) is 2. The average molecular weight is 466 g/mol. The van der Waals surface area contributed by atoms with Crippen molar-refractivity contribution in [1.82, 2.24) is 20.1 Å². The quantitative estimate of drug-likeness (QED) is 0.581. The van der Waals surface area contributed by atoms with Crippen molar-refractivity contribution in [3.63, 3.8) is 0 Å². The molecule has 1 aromatic heterocycles. The van der Waals surface area contributed by atoms with E-state index in [1.165, 1.54) is 0 Å². The Morgan fingerprint density at radius 1 is 1.03 bits per heavy atom. The monoisotopic (exact) mass is 465 g/mol. The van der Waals surface area contributed by atoms with E-state index in [9.17, 15) is 9.59 Å². The van der Waals surface area contributed by atoms with E-state index in [1.807, 2.05) is 66.4 Å². The second-order valence-corrected chi connectivity index (χ2v) is 8.67. The number of rotatable bonds is 6. The van der Waals surface area contributed by atoms with E-state index in [1.54, 1.807) is 0 Å². The molecule has 7 nitrogen and oxygen atoms in total. The fourth-order valence-corrected chi connectivity index (χ4v) is 4.14. The van der Waals surface area contributed by atoms with Crippen molar-refractivity contribution in [3.8, 4) is 0 Å². The first-order valence-corrected chi connectivity index (χ1v) is 11.5. The number of amides is 3. The van der Waals surface area contributed by atoms with Crippen molar-refractivity contribution in [2.24, 2.45) is 0 Å². The number of hydrogen-bond donors (Lipinski definition) is 2. The number of piperazine rings is 1. The molecular weight excluding hydrogens is 438 g/mol. The summed E-state index contributed by atoms with van der Waals surface area (Å²) in [5.74, 6) is 0.134. The lowest BCUT2D eigenvalue weighted by atomic mass is 10.1. The number of pyridine rings is 1. The van der Waals surface area contributed by atoms with Crippen molar-refractivity contribution in [1.29, 1.82) is 0 Å². The second kappa shape index (κ2) is 10.6. The number of hydrogen-bond acceptors (Lipinski definition) is 4. The maximum atomic E-state index is 12.6.